The monoisotopic (exact) mass is 474 g/mol. The first kappa shape index (κ1) is 24.1. The summed E-state index contributed by atoms with van der Waals surface area (Å²) in [4.78, 5) is 30.2. The van der Waals surface area contributed by atoms with Crippen molar-refractivity contribution in [3.63, 3.8) is 0 Å². The Bertz CT molecular complexity index is 1160. The minimum atomic E-state index is -0.240. The van der Waals surface area contributed by atoms with Gasteiger partial charge in [0.2, 0.25) is 5.91 Å². The molecule has 2 aromatic carbocycles. The van der Waals surface area contributed by atoms with Crippen LogP contribution in [0.5, 0.6) is 11.5 Å². The van der Waals surface area contributed by atoms with E-state index < -0.39 is 0 Å². The molecule has 1 aliphatic rings. The molecule has 3 aromatic rings. The number of nitrogens with zero attached hydrogens (tertiary/aromatic N) is 2. The molecule has 2 N–H and O–H groups in total. The summed E-state index contributed by atoms with van der Waals surface area (Å²) in [6.45, 7) is 7.61. The molecule has 1 aromatic heterocycles. The van der Waals surface area contributed by atoms with Crippen molar-refractivity contribution in [1.29, 1.82) is 0 Å². The van der Waals surface area contributed by atoms with E-state index in [0.29, 0.717) is 18.0 Å². The van der Waals surface area contributed by atoms with Gasteiger partial charge < -0.3 is 25.0 Å². The highest BCUT2D eigenvalue weighted by molar-refractivity contribution is 5.96. The Labute approximate surface area is 205 Å². The Morgan fingerprint density at radius 3 is 2.40 bits per heavy atom. The third-order valence-electron chi connectivity index (χ3n) is 5.72. The highest BCUT2D eigenvalue weighted by atomic mass is 16.5. The molecule has 35 heavy (non-hydrogen) atoms. The van der Waals surface area contributed by atoms with E-state index in [-0.39, 0.29) is 24.0 Å². The zero-order valence-corrected chi connectivity index (χ0v) is 20.2. The maximum Gasteiger partial charge on any atom is 0.251 e. The van der Waals surface area contributed by atoms with Crippen LogP contribution in [0.2, 0.25) is 0 Å². The third-order valence-corrected chi connectivity index (χ3v) is 5.72. The van der Waals surface area contributed by atoms with E-state index in [0.717, 1.165) is 35.8 Å². The lowest BCUT2D eigenvalue weighted by molar-refractivity contribution is -0.114. The number of nitrogens with one attached hydrogen (secondary N) is 2. The molecular formula is C27H30N4O4. The molecule has 182 valence electrons. The summed E-state index contributed by atoms with van der Waals surface area (Å²) in [6, 6.07) is 18.8. The molecule has 8 nitrogen and oxygen atoms in total. The number of carbonyl (C=O) groups excluding carboxylic acids is 2. The van der Waals surface area contributed by atoms with Gasteiger partial charge in [0.15, 0.2) is 0 Å². The average Bonchev–Trinajstić information content (AvgIpc) is 2.82. The van der Waals surface area contributed by atoms with Crippen molar-refractivity contribution >= 4 is 23.3 Å². The summed E-state index contributed by atoms with van der Waals surface area (Å²) < 4.78 is 11.6. The quantitative estimate of drug-likeness (QED) is 0.483. The molecule has 2 amide bonds. The van der Waals surface area contributed by atoms with Gasteiger partial charge in [0, 0.05) is 24.4 Å². The molecule has 1 atom stereocenters. The molecule has 0 spiro atoms. The molecule has 1 aliphatic heterocycles. The molecule has 0 bridgehead atoms. The summed E-state index contributed by atoms with van der Waals surface area (Å²) in [5, 5.41) is 5.56. The fourth-order valence-corrected chi connectivity index (χ4v) is 3.85. The van der Waals surface area contributed by atoms with Crippen LogP contribution >= 0.6 is 0 Å². The van der Waals surface area contributed by atoms with Gasteiger partial charge in [-0.3, -0.25) is 9.59 Å². The van der Waals surface area contributed by atoms with Crippen LogP contribution in [-0.2, 0) is 4.79 Å². The lowest BCUT2D eigenvalue weighted by Crippen LogP contribution is -2.54. The standard InChI is InChI=1S/C27H30N4O4/c1-4-34-23-11-7-22(8-12-23)31-16-25(17-31)35-24-9-5-20(6-10-24)18(2)29-27(33)21-13-14-28-26(15-21)30-19(3)32/h5-15,18,25H,4,16-17H2,1-3H3,(H,29,33)(H,28,30,32)/t18-/m0/s1. The first-order chi connectivity index (χ1) is 16.9. The number of rotatable bonds is 9. The van der Waals surface area contributed by atoms with Crippen LogP contribution < -0.4 is 25.0 Å². The summed E-state index contributed by atoms with van der Waals surface area (Å²) >= 11 is 0. The lowest BCUT2D eigenvalue weighted by atomic mass is 10.1. The van der Waals surface area contributed by atoms with Crippen LogP contribution in [0.4, 0.5) is 11.5 Å². The zero-order chi connectivity index (χ0) is 24.8. The van der Waals surface area contributed by atoms with Gasteiger partial charge in [0.25, 0.3) is 5.91 Å². The van der Waals surface area contributed by atoms with Gasteiger partial charge in [0.05, 0.1) is 25.7 Å². The molecule has 0 radical (unpaired) electrons. The SMILES string of the molecule is CCOc1ccc(N2CC(Oc3ccc([C@H](C)NC(=O)c4ccnc(NC(C)=O)c4)cc3)C2)cc1. The Hall–Kier alpha value is -4.07. The minimum absolute atomic E-state index is 0.133. The average molecular weight is 475 g/mol. The summed E-state index contributed by atoms with van der Waals surface area (Å²) in [5.74, 6) is 1.55. The molecule has 2 heterocycles. The van der Waals surface area contributed by atoms with Gasteiger partial charge in [-0.1, -0.05) is 12.1 Å². The number of ether oxygens (including phenoxy) is 2. The van der Waals surface area contributed by atoms with Crippen LogP contribution in [0.3, 0.4) is 0 Å². The van der Waals surface area contributed by atoms with Crippen LogP contribution in [0, 0.1) is 0 Å². The van der Waals surface area contributed by atoms with Crippen LogP contribution in [-0.4, -0.2) is 42.6 Å². The van der Waals surface area contributed by atoms with Crippen LogP contribution in [0.15, 0.2) is 66.9 Å². The maximum absolute atomic E-state index is 12.6. The van der Waals surface area contributed by atoms with E-state index in [9.17, 15) is 9.59 Å². The van der Waals surface area contributed by atoms with Crippen LogP contribution in [0.1, 0.15) is 42.7 Å². The minimum Gasteiger partial charge on any atom is -0.494 e. The van der Waals surface area contributed by atoms with Crippen molar-refractivity contribution in [3.8, 4) is 11.5 Å². The highest BCUT2D eigenvalue weighted by Gasteiger charge is 2.28. The van der Waals surface area contributed by atoms with Crippen molar-refractivity contribution in [1.82, 2.24) is 10.3 Å². The van der Waals surface area contributed by atoms with Crippen molar-refractivity contribution in [3.05, 3.63) is 78.0 Å². The number of carbonyl (C=O) groups is 2. The second-order valence-corrected chi connectivity index (χ2v) is 8.45. The third kappa shape index (κ3) is 6.29. The molecule has 0 saturated carbocycles. The number of pyridine rings is 1. The van der Waals surface area contributed by atoms with E-state index in [1.54, 1.807) is 12.1 Å². The first-order valence-electron chi connectivity index (χ1n) is 11.7. The van der Waals surface area contributed by atoms with Crippen molar-refractivity contribution in [2.75, 3.05) is 29.9 Å². The normalized spacial score (nSPS) is 14.0. The fourth-order valence-electron chi connectivity index (χ4n) is 3.85. The predicted molar refractivity (Wildman–Crippen MR) is 135 cm³/mol. The molecule has 1 fully saturated rings. The maximum atomic E-state index is 12.6. The largest absolute Gasteiger partial charge is 0.494 e. The highest BCUT2D eigenvalue weighted by Crippen LogP contribution is 2.27. The van der Waals surface area contributed by atoms with Crippen LogP contribution in [0.25, 0.3) is 0 Å². The van der Waals surface area contributed by atoms with E-state index in [1.165, 1.54) is 13.1 Å². The van der Waals surface area contributed by atoms with Crippen molar-refractivity contribution in [2.45, 2.75) is 32.9 Å². The number of hydrogen-bond acceptors (Lipinski definition) is 6. The smallest absolute Gasteiger partial charge is 0.251 e. The topological polar surface area (TPSA) is 92.8 Å². The number of benzene rings is 2. The van der Waals surface area contributed by atoms with E-state index >= 15 is 0 Å². The molecule has 4 rings (SSSR count). The Balaban J connectivity index is 1.26. The predicted octanol–water partition coefficient (Wildman–Crippen LogP) is 4.20. The first-order valence-corrected chi connectivity index (χ1v) is 11.7. The zero-order valence-electron chi connectivity index (χ0n) is 20.2. The summed E-state index contributed by atoms with van der Waals surface area (Å²) in [5.41, 5.74) is 2.55. The van der Waals surface area contributed by atoms with Gasteiger partial charge in [-0.05, 0) is 67.9 Å². The Kier molecular flexibility index (Phi) is 7.50. The van der Waals surface area contributed by atoms with E-state index in [1.807, 2.05) is 50.2 Å². The van der Waals surface area contributed by atoms with Crippen molar-refractivity contribution in [2.24, 2.45) is 0 Å². The Morgan fingerprint density at radius 2 is 1.74 bits per heavy atom. The molecule has 1 saturated heterocycles. The van der Waals surface area contributed by atoms with E-state index in [2.05, 4.69) is 32.7 Å². The summed E-state index contributed by atoms with van der Waals surface area (Å²) in [7, 11) is 0. The fraction of sp³-hybridized carbons (Fsp3) is 0.296. The van der Waals surface area contributed by atoms with Gasteiger partial charge in [-0.15, -0.1) is 0 Å². The van der Waals surface area contributed by atoms with Gasteiger partial charge in [-0.2, -0.15) is 0 Å². The van der Waals surface area contributed by atoms with Crippen molar-refractivity contribution < 1.29 is 19.1 Å². The molecule has 8 heteroatoms. The second kappa shape index (κ2) is 10.9. The number of amides is 2. The molecular weight excluding hydrogens is 444 g/mol. The molecule has 0 aliphatic carbocycles. The molecule has 0 unspecified atom stereocenters. The summed E-state index contributed by atoms with van der Waals surface area (Å²) in [6.07, 6.45) is 1.63. The Morgan fingerprint density at radius 1 is 1.06 bits per heavy atom. The number of hydrogen-bond donors (Lipinski definition) is 2. The second-order valence-electron chi connectivity index (χ2n) is 8.45. The number of anilines is 2. The van der Waals surface area contributed by atoms with Gasteiger partial charge in [0.1, 0.15) is 23.4 Å². The van der Waals surface area contributed by atoms with Gasteiger partial charge >= 0.3 is 0 Å². The van der Waals surface area contributed by atoms with Gasteiger partial charge in [-0.25, -0.2) is 4.98 Å². The number of aromatic nitrogens is 1. The lowest BCUT2D eigenvalue weighted by Gasteiger charge is -2.40. The van der Waals surface area contributed by atoms with E-state index in [4.69, 9.17) is 9.47 Å².